The van der Waals surface area contributed by atoms with Gasteiger partial charge in [0.15, 0.2) is 5.82 Å². The number of nitrogens with zero attached hydrogens (tertiary/aromatic N) is 3. The van der Waals surface area contributed by atoms with Crippen LogP contribution in [-0.2, 0) is 5.41 Å². The van der Waals surface area contributed by atoms with Crippen LogP contribution in [0.15, 0.2) is 30.7 Å². The zero-order valence-corrected chi connectivity index (χ0v) is 10.6. The highest BCUT2D eigenvalue weighted by Gasteiger charge is 2.16. The van der Waals surface area contributed by atoms with Crippen LogP contribution >= 0.6 is 0 Å². The summed E-state index contributed by atoms with van der Waals surface area (Å²) in [7, 11) is 1.64. The number of hydrogen-bond donors (Lipinski definition) is 0. The van der Waals surface area contributed by atoms with E-state index in [1.807, 2.05) is 24.5 Å². The van der Waals surface area contributed by atoms with Gasteiger partial charge >= 0.3 is 0 Å². The van der Waals surface area contributed by atoms with E-state index in [9.17, 15) is 0 Å². The lowest BCUT2D eigenvalue weighted by atomic mass is 9.90. The molecule has 90 valence electrons. The van der Waals surface area contributed by atoms with E-state index in [-0.39, 0.29) is 5.41 Å². The summed E-state index contributed by atoms with van der Waals surface area (Å²) in [5.74, 6) is 1.54. The van der Waals surface area contributed by atoms with E-state index < -0.39 is 0 Å². The zero-order valence-electron chi connectivity index (χ0n) is 10.6. The minimum atomic E-state index is 0.0944. The van der Waals surface area contributed by atoms with Gasteiger partial charge in [0.1, 0.15) is 5.75 Å². The van der Waals surface area contributed by atoms with Crippen molar-refractivity contribution >= 4 is 0 Å². The highest BCUT2D eigenvalue weighted by Crippen LogP contribution is 2.22. The van der Waals surface area contributed by atoms with Gasteiger partial charge in [-0.2, -0.15) is 5.10 Å². The van der Waals surface area contributed by atoms with Crippen LogP contribution in [0.25, 0.3) is 5.82 Å². The van der Waals surface area contributed by atoms with E-state index in [4.69, 9.17) is 4.74 Å². The first-order valence-corrected chi connectivity index (χ1v) is 5.56. The van der Waals surface area contributed by atoms with E-state index in [1.165, 1.54) is 5.56 Å². The van der Waals surface area contributed by atoms with Crippen LogP contribution in [0.3, 0.4) is 0 Å². The largest absolute Gasteiger partial charge is 0.497 e. The van der Waals surface area contributed by atoms with Crippen LogP contribution in [0, 0.1) is 0 Å². The smallest absolute Gasteiger partial charge is 0.156 e. The van der Waals surface area contributed by atoms with Gasteiger partial charge in [-0.25, -0.2) is 9.67 Å². The molecule has 0 N–H and O–H groups in total. The molecular weight excluding hydrogens is 214 g/mol. The fourth-order valence-corrected chi connectivity index (χ4v) is 1.49. The zero-order chi connectivity index (χ0) is 12.5. The molecule has 0 bridgehead atoms. The second-order valence-electron chi connectivity index (χ2n) is 4.98. The molecule has 0 saturated heterocycles. The van der Waals surface area contributed by atoms with Crippen molar-refractivity contribution in [3.05, 3.63) is 36.3 Å². The Hall–Kier alpha value is -1.84. The Morgan fingerprint density at radius 3 is 2.65 bits per heavy atom. The van der Waals surface area contributed by atoms with Crippen LogP contribution in [0.2, 0.25) is 0 Å². The van der Waals surface area contributed by atoms with Crippen LogP contribution < -0.4 is 4.74 Å². The van der Waals surface area contributed by atoms with E-state index in [2.05, 4.69) is 30.9 Å². The Bertz CT molecular complexity index is 511. The predicted octanol–water partition coefficient (Wildman–Crippen LogP) is 2.57. The fraction of sp³-hybridized carbons (Fsp3) is 0.385. The Morgan fingerprint density at radius 1 is 1.29 bits per heavy atom. The number of pyridine rings is 1. The molecule has 4 nitrogen and oxygen atoms in total. The molecule has 0 aliphatic rings. The minimum Gasteiger partial charge on any atom is -0.497 e. The Kier molecular flexibility index (Phi) is 2.88. The minimum absolute atomic E-state index is 0.0944. The van der Waals surface area contributed by atoms with Crippen molar-refractivity contribution in [2.75, 3.05) is 7.11 Å². The van der Waals surface area contributed by atoms with E-state index in [1.54, 1.807) is 18.0 Å². The van der Waals surface area contributed by atoms with Gasteiger partial charge in [-0.1, -0.05) is 20.8 Å². The molecule has 2 rings (SSSR count). The van der Waals surface area contributed by atoms with Gasteiger partial charge in [-0.3, -0.25) is 0 Å². The molecule has 2 aromatic rings. The highest BCUT2D eigenvalue weighted by molar-refractivity contribution is 5.32. The summed E-state index contributed by atoms with van der Waals surface area (Å²) >= 11 is 0. The lowest BCUT2D eigenvalue weighted by Gasteiger charge is -2.14. The average Bonchev–Trinajstić information content (AvgIpc) is 2.78. The Morgan fingerprint density at radius 2 is 2.06 bits per heavy atom. The standard InChI is InChI=1S/C13H17N3O/c1-13(2,3)10-8-15-16(9-10)12-7-11(17-4)5-6-14-12/h5-9H,1-4H3. The van der Waals surface area contributed by atoms with E-state index in [0.717, 1.165) is 11.6 Å². The molecule has 0 aliphatic carbocycles. The van der Waals surface area contributed by atoms with Gasteiger partial charge < -0.3 is 4.74 Å². The van der Waals surface area contributed by atoms with Crippen molar-refractivity contribution in [3.63, 3.8) is 0 Å². The van der Waals surface area contributed by atoms with Crippen LogP contribution in [-0.4, -0.2) is 21.9 Å². The molecule has 0 spiro atoms. The molecule has 4 heteroatoms. The highest BCUT2D eigenvalue weighted by atomic mass is 16.5. The van der Waals surface area contributed by atoms with Crippen molar-refractivity contribution in [2.45, 2.75) is 26.2 Å². The number of ether oxygens (including phenoxy) is 1. The maximum atomic E-state index is 5.17. The fourth-order valence-electron chi connectivity index (χ4n) is 1.49. The third-order valence-electron chi connectivity index (χ3n) is 2.64. The molecular formula is C13H17N3O. The summed E-state index contributed by atoms with van der Waals surface area (Å²) in [6.07, 6.45) is 5.59. The summed E-state index contributed by atoms with van der Waals surface area (Å²) in [5, 5.41) is 4.33. The van der Waals surface area contributed by atoms with Crippen LogP contribution in [0.5, 0.6) is 5.75 Å². The van der Waals surface area contributed by atoms with Gasteiger partial charge in [-0.05, 0) is 17.0 Å². The summed E-state index contributed by atoms with van der Waals surface area (Å²) in [6, 6.07) is 3.68. The van der Waals surface area contributed by atoms with Gasteiger partial charge in [0.2, 0.25) is 0 Å². The number of aromatic nitrogens is 3. The van der Waals surface area contributed by atoms with Crippen molar-refractivity contribution in [3.8, 4) is 11.6 Å². The first-order valence-electron chi connectivity index (χ1n) is 5.56. The molecule has 0 atom stereocenters. The van der Waals surface area contributed by atoms with Gasteiger partial charge in [0.05, 0.1) is 13.3 Å². The van der Waals surface area contributed by atoms with Crippen molar-refractivity contribution < 1.29 is 4.74 Å². The topological polar surface area (TPSA) is 39.9 Å². The molecule has 0 fully saturated rings. The van der Waals surface area contributed by atoms with Gasteiger partial charge in [-0.15, -0.1) is 0 Å². The normalized spacial score (nSPS) is 11.5. The lowest BCUT2D eigenvalue weighted by molar-refractivity contribution is 0.414. The van der Waals surface area contributed by atoms with Gasteiger partial charge in [0.25, 0.3) is 0 Å². The molecule has 0 aromatic carbocycles. The molecule has 0 unspecified atom stereocenters. The number of hydrogen-bond acceptors (Lipinski definition) is 3. The Labute approximate surface area is 101 Å². The third kappa shape index (κ3) is 2.46. The summed E-state index contributed by atoms with van der Waals surface area (Å²) < 4.78 is 6.94. The third-order valence-corrected chi connectivity index (χ3v) is 2.64. The van der Waals surface area contributed by atoms with Crippen molar-refractivity contribution in [1.82, 2.24) is 14.8 Å². The van der Waals surface area contributed by atoms with Crippen molar-refractivity contribution in [2.24, 2.45) is 0 Å². The Balaban J connectivity index is 2.37. The molecule has 0 aliphatic heterocycles. The SMILES string of the molecule is COc1ccnc(-n2cc(C(C)(C)C)cn2)c1. The van der Waals surface area contributed by atoms with Crippen molar-refractivity contribution in [1.29, 1.82) is 0 Å². The maximum Gasteiger partial charge on any atom is 0.156 e. The molecule has 2 aromatic heterocycles. The lowest BCUT2D eigenvalue weighted by Crippen LogP contribution is -2.09. The summed E-state index contributed by atoms with van der Waals surface area (Å²) in [6.45, 7) is 6.48. The first-order chi connectivity index (χ1) is 8.00. The average molecular weight is 231 g/mol. The molecule has 2 heterocycles. The molecule has 0 radical (unpaired) electrons. The van der Waals surface area contributed by atoms with Crippen LogP contribution in [0.4, 0.5) is 0 Å². The first kappa shape index (κ1) is 11.6. The predicted molar refractivity (Wildman–Crippen MR) is 66.6 cm³/mol. The second kappa shape index (κ2) is 4.20. The maximum absolute atomic E-state index is 5.17. The monoisotopic (exact) mass is 231 g/mol. The molecule has 0 amide bonds. The van der Waals surface area contributed by atoms with Crippen LogP contribution in [0.1, 0.15) is 26.3 Å². The van der Waals surface area contributed by atoms with E-state index in [0.29, 0.717) is 0 Å². The molecule has 0 saturated carbocycles. The summed E-state index contributed by atoms with van der Waals surface area (Å²) in [5.41, 5.74) is 1.28. The van der Waals surface area contributed by atoms with E-state index >= 15 is 0 Å². The number of rotatable bonds is 2. The van der Waals surface area contributed by atoms with Gasteiger partial charge in [0, 0.05) is 18.5 Å². The summed E-state index contributed by atoms with van der Waals surface area (Å²) in [4.78, 5) is 4.27. The quantitative estimate of drug-likeness (QED) is 0.797. The molecule has 17 heavy (non-hydrogen) atoms. The number of methoxy groups -OCH3 is 1. The second-order valence-corrected chi connectivity index (χ2v) is 4.98.